The van der Waals surface area contributed by atoms with Gasteiger partial charge in [0.2, 0.25) is 0 Å². The highest BCUT2D eigenvalue weighted by molar-refractivity contribution is 5.33. The Labute approximate surface area is 111 Å². The fraction of sp³-hybridized carbons (Fsp3) is 0.133. The van der Waals surface area contributed by atoms with Gasteiger partial charge in [-0.2, -0.15) is 5.26 Å². The molecule has 0 bridgehead atoms. The summed E-state index contributed by atoms with van der Waals surface area (Å²) < 4.78 is 0. The van der Waals surface area contributed by atoms with E-state index < -0.39 is 0 Å². The predicted molar refractivity (Wildman–Crippen MR) is 71.5 cm³/mol. The summed E-state index contributed by atoms with van der Waals surface area (Å²) in [4.78, 5) is 0. The highest BCUT2D eigenvalue weighted by Gasteiger charge is 1.95. The number of hydrogen-bond acceptors (Lipinski definition) is 4. The Kier molecular flexibility index (Phi) is 5.93. The first-order chi connectivity index (χ1) is 9.19. The molecule has 19 heavy (non-hydrogen) atoms. The molecular formula is C15H15NO3. The minimum Gasteiger partial charge on any atom is -0.508 e. The van der Waals surface area contributed by atoms with Crippen molar-refractivity contribution < 1.29 is 15.3 Å². The van der Waals surface area contributed by atoms with Crippen molar-refractivity contribution in [2.75, 3.05) is 0 Å². The molecule has 98 valence electrons. The van der Waals surface area contributed by atoms with E-state index in [0.29, 0.717) is 11.1 Å². The molecule has 0 aliphatic rings. The third-order valence-electron chi connectivity index (χ3n) is 2.42. The molecule has 0 aromatic heterocycles. The van der Waals surface area contributed by atoms with Crippen molar-refractivity contribution in [1.82, 2.24) is 0 Å². The van der Waals surface area contributed by atoms with Crippen LogP contribution in [0.2, 0.25) is 0 Å². The molecule has 0 aliphatic heterocycles. The number of rotatable bonds is 2. The Morgan fingerprint density at radius 3 is 1.68 bits per heavy atom. The normalized spacial score (nSPS) is 9.05. The molecule has 2 aromatic rings. The van der Waals surface area contributed by atoms with Gasteiger partial charge in [0.05, 0.1) is 19.1 Å². The average molecular weight is 257 g/mol. The lowest BCUT2D eigenvalue weighted by Crippen LogP contribution is -1.80. The number of aliphatic hydroxyl groups is 1. The van der Waals surface area contributed by atoms with E-state index in [2.05, 4.69) is 0 Å². The number of hydrogen-bond donors (Lipinski definition) is 3. The van der Waals surface area contributed by atoms with E-state index in [-0.39, 0.29) is 24.5 Å². The van der Waals surface area contributed by atoms with E-state index >= 15 is 0 Å². The molecule has 0 unspecified atom stereocenters. The number of benzene rings is 2. The van der Waals surface area contributed by atoms with Crippen molar-refractivity contribution >= 4 is 0 Å². The zero-order chi connectivity index (χ0) is 14.1. The molecule has 0 radical (unpaired) electrons. The SMILES string of the molecule is N#CCc1ccccc1O.OCc1ccccc1O. The summed E-state index contributed by atoms with van der Waals surface area (Å²) in [7, 11) is 0. The summed E-state index contributed by atoms with van der Waals surface area (Å²) in [6.45, 7) is -0.104. The molecule has 2 rings (SSSR count). The average Bonchev–Trinajstić information content (AvgIpc) is 2.43. The van der Waals surface area contributed by atoms with Crippen molar-refractivity contribution in [3.05, 3.63) is 59.7 Å². The van der Waals surface area contributed by atoms with E-state index in [4.69, 9.17) is 20.6 Å². The first-order valence-corrected chi connectivity index (χ1v) is 5.70. The van der Waals surface area contributed by atoms with Crippen LogP contribution in [0, 0.1) is 11.3 Å². The van der Waals surface area contributed by atoms with Crippen molar-refractivity contribution in [3.8, 4) is 17.6 Å². The molecule has 0 saturated carbocycles. The molecule has 4 heteroatoms. The molecule has 0 amide bonds. The van der Waals surface area contributed by atoms with E-state index in [1.807, 2.05) is 6.07 Å². The van der Waals surface area contributed by atoms with Gasteiger partial charge in [0.15, 0.2) is 0 Å². The fourth-order valence-electron chi connectivity index (χ4n) is 1.39. The summed E-state index contributed by atoms with van der Waals surface area (Å²) in [5, 5.41) is 34.9. The van der Waals surface area contributed by atoms with Crippen LogP contribution in [0.4, 0.5) is 0 Å². The quantitative estimate of drug-likeness (QED) is 0.771. The number of phenolic OH excluding ortho intramolecular Hbond substituents is 1. The largest absolute Gasteiger partial charge is 0.508 e. The molecule has 4 nitrogen and oxygen atoms in total. The van der Waals surface area contributed by atoms with Gasteiger partial charge in [-0.1, -0.05) is 36.4 Å². The Morgan fingerprint density at radius 1 is 0.842 bits per heavy atom. The second kappa shape index (κ2) is 7.75. The topological polar surface area (TPSA) is 84.5 Å². The predicted octanol–water partition coefficient (Wildman–Crippen LogP) is 2.34. The summed E-state index contributed by atoms with van der Waals surface area (Å²) in [5.74, 6) is 0.351. The molecule has 3 N–H and O–H groups in total. The van der Waals surface area contributed by atoms with Gasteiger partial charge in [0, 0.05) is 11.1 Å². The van der Waals surface area contributed by atoms with E-state index in [0.717, 1.165) is 0 Å². The van der Waals surface area contributed by atoms with Crippen LogP contribution >= 0.6 is 0 Å². The second-order valence-corrected chi connectivity index (χ2v) is 3.75. The van der Waals surface area contributed by atoms with Gasteiger partial charge in [0.1, 0.15) is 11.5 Å². The molecule has 0 atom stereocenters. The number of nitriles is 1. The molecule has 0 fully saturated rings. The Balaban J connectivity index is 0.000000191. The molecule has 0 heterocycles. The number of nitrogens with zero attached hydrogens (tertiary/aromatic N) is 1. The van der Waals surface area contributed by atoms with Crippen LogP contribution in [0.5, 0.6) is 11.5 Å². The summed E-state index contributed by atoms with van der Waals surface area (Å²) in [6, 6.07) is 15.5. The summed E-state index contributed by atoms with van der Waals surface area (Å²) in [5.41, 5.74) is 1.25. The second-order valence-electron chi connectivity index (χ2n) is 3.75. The van der Waals surface area contributed by atoms with Gasteiger partial charge in [-0.25, -0.2) is 0 Å². The third kappa shape index (κ3) is 4.70. The molecule has 2 aromatic carbocycles. The van der Waals surface area contributed by atoms with Gasteiger partial charge in [0.25, 0.3) is 0 Å². The van der Waals surface area contributed by atoms with Crippen molar-refractivity contribution in [2.24, 2.45) is 0 Å². The Bertz CT molecular complexity index is 561. The fourth-order valence-corrected chi connectivity index (χ4v) is 1.39. The van der Waals surface area contributed by atoms with Crippen molar-refractivity contribution in [3.63, 3.8) is 0 Å². The number of phenols is 2. The number of aromatic hydroxyl groups is 2. The maximum absolute atomic E-state index is 9.09. The Morgan fingerprint density at radius 2 is 1.32 bits per heavy atom. The summed E-state index contributed by atoms with van der Waals surface area (Å²) in [6.07, 6.45) is 0.271. The number of para-hydroxylation sites is 2. The molecular weight excluding hydrogens is 242 g/mol. The minimum atomic E-state index is -0.104. The lowest BCUT2D eigenvalue weighted by Gasteiger charge is -1.96. The van der Waals surface area contributed by atoms with E-state index in [1.165, 1.54) is 0 Å². The first kappa shape index (κ1) is 14.6. The van der Waals surface area contributed by atoms with Gasteiger partial charge >= 0.3 is 0 Å². The summed E-state index contributed by atoms with van der Waals surface area (Å²) >= 11 is 0. The van der Waals surface area contributed by atoms with Gasteiger partial charge in [-0.3, -0.25) is 0 Å². The van der Waals surface area contributed by atoms with Crippen LogP contribution in [0.3, 0.4) is 0 Å². The van der Waals surface area contributed by atoms with Crippen LogP contribution in [-0.4, -0.2) is 15.3 Å². The van der Waals surface area contributed by atoms with Gasteiger partial charge < -0.3 is 15.3 Å². The zero-order valence-corrected chi connectivity index (χ0v) is 10.3. The maximum Gasteiger partial charge on any atom is 0.121 e. The standard InChI is InChI=1S/C8H7NO.C7H8O2/c9-6-5-7-3-1-2-4-8(7)10;8-5-6-3-1-2-4-7(6)9/h1-4,10H,5H2;1-4,8-9H,5H2. The smallest absolute Gasteiger partial charge is 0.121 e. The van der Waals surface area contributed by atoms with Crippen LogP contribution < -0.4 is 0 Å². The maximum atomic E-state index is 9.09. The highest BCUT2D eigenvalue weighted by atomic mass is 16.3. The van der Waals surface area contributed by atoms with Crippen LogP contribution in [-0.2, 0) is 13.0 Å². The highest BCUT2D eigenvalue weighted by Crippen LogP contribution is 2.15. The Hall–Kier alpha value is -2.51. The molecule has 0 spiro atoms. The lowest BCUT2D eigenvalue weighted by molar-refractivity contribution is 0.275. The van der Waals surface area contributed by atoms with Crippen LogP contribution in [0.1, 0.15) is 11.1 Å². The minimum absolute atomic E-state index is 0.104. The van der Waals surface area contributed by atoms with Crippen molar-refractivity contribution in [1.29, 1.82) is 5.26 Å². The first-order valence-electron chi connectivity index (χ1n) is 5.70. The zero-order valence-electron chi connectivity index (χ0n) is 10.3. The lowest BCUT2D eigenvalue weighted by atomic mass is 10.1. The number of aliphatic hydroxyl groups excluding tert-OH is 1. The third-order valence-corrected chi connectivity index (χ3v) is 2.42. The molecule has 0 saturated heterocycles. The van der Waals surface area contributed by atoms with Crippen molar-refractivity contribution in [2.45, 2.75) is 13.0 Å². The van der Waals surface area contributed by atoms with E-state index in [1.54, 1.807) is 48.5 Å². The van der Waals surface area contributed by atoms with Crippen LogP contribution in [0.15, 0.2) is 48.5 Å². The van der Waals surface area contributed by atoms with Gasteiger partial charge in [-0.05, 0) is 12.1 Å². The van der Waals surface area contributed by atoms with E-state index in [9.17, 15) is 0 Å². The van der Waals surface area contributed by atoms with Gasteiger partial charge in [-0.15, -0.1) is 0 Å². The molecule has 0 aliphatic carbocycles. The van der Waals surface area contributed by atoms with Crippen LogP contribution in [0.25, 0.3) is 0 Å². The monoisotopic (exact) mass is 257 g/mol.